The minimum absolute atomic E-state index is 0.557. The molecule has 0 spiro atoms. The second-order valence-electron chi connectivity index (χ2n) is 16.4. The van der Waals surface area contributed by atoms with Gasteiger partial charge in [-0.2, -0.15) is 9.97 Å². The molecule has 6 nitrogen and oxygen atoms in total. The third kappa shape index (κ3) is 5.10. The van der Waals surface area contributed by atoms with Crippen molar-refractivity contribution in [3.63, 3.8) is 0 Å². The third-order valence-electron chi connectivity index (χ3n) is 12.9. The van der Waals surface area contributed by atoms with Gasteiger partial charge in [0, 0.05) is 75.0 Å². The maximum atomic E-state index is 5.49. The summed E-state index contributed by atoms with van der Waals surface area (Å²) < 4.78 is 9.59. The van der Waals surface area contributed by atoms with Gasteiger partial charge in [0.25, 0.3) is 0 Å². The fourth-order valence-electron chi connectivity index (χ4n) is 10.1. The summed E-state index contributed by atoms with van der Waals surface area (Å²) in [6.45, 7) is 0. The van der Waals surface area contributed by atoms with Crippen LogP contribution in [0.3, 0.4) is 0 Å². The minimum atomic E-state index is 0.557. The predicted molar refractivity (Wildman–Crippen MR) is 267 cm³/mol. The van der Waals surface area contributed by atoms with E-state index in [1.54, 1.807) is 0 Å². The topological polar surface area (TPSA) is 53.5 Å². The van der Waals surface area contributed by atoms with Gasteiger partial charge in [0.15, 0.2) is 11.6 Å². The predicted octanol–water partition coefficient (Wildman–Crippen LogP) is 14.9. The Kier molecular flexibility index (Phi) is 7.46. The molecule has 298 valence electrons. The zero-order valence-corrected chi connectivity index (χ0v) is 35.0. The van der Waals surface area contributed by atoms with Crippen LogP contribution in [0.15, 0.2) is 206 Å². The normalized spacial score (nSPS) is 12.1. The third-order valence-corrected chi connectivity index (χ3v) is 14.0. The van der Waals surface area contributed by atoms with Crippen LogP contribution < -0.4 is 0 Å². The summed E-state index contributed by atoms with van der Waals surface area (Å²) in [6, 6.07) is 73.7. The Labute approximate surface area is 370 Å². The van der Waals surface area contributed by atoms with Crippen LogP contribution in [-0.2, 0) is 0 Å². The first-order valence-corrected chi connectivity index (χ1v) is 22.3. The van der Waals surface area contributed by atoms with Gasteiger partial charge in [-0.15, -0.1) is 11.3 Å². The Morgan fingerprint density at radius 2 is 0.828 bits per heavy atom. The molecule has 0 atom stereocenters. The highest BCUT2D eigenvalue weighted by Gasteiger charge is 2.25. The molecule has 0 amide bonds. The van der Waals surface area contributed by atoms with E-state index in [1.807, 2.05) is 29.5 Å². The zero-order chi connectivity index (χ0) is 41.9. The number of aromatic nitrogens is 6. The fourth-order valence-corrected chi connectivity index (χ4v) is 11.2. The molecule has 0 N–H and O–H groups in total. The van der Waals surface area contributed by atoms with Gasteiger partial charge in [0.05, 0.1) is 33.1 Å². The van der Waals surface area contributed by atoms with Gasteiger partial charge < -0.3 is 9.13 Å². The van der Waals surface area contributed by atoms with Crippen LogP contribution >= 0.6 is 11.3 Å². The van der Waals surface area contributed by atoms with E-state index in [1.165, 1.54) is 47.4 Å². The minimum Gasteiger partial charge on any atom is -0.309 e. The number of fused-ring (bicyclic) bond motifs is 13. The van der Waals surface area contributed by atoms with Crippen LogP contribution in [-0.4, -0.2) is 28.7 Å². The molecule has 0 saturated heterocycles. The van der Waals surface area contributed by atoms with Crippen LogP contribution in [0.2, 0.25) is 0 Å². The molecule has 0 aliphatic carbocycles. The average Bonchev–Trinajstić information content (AvgIpc) is 4.10. The number of hydrogen-bond acceptors (Lipinski definition) is 4. The quantitative estimate of drug-likeness (QED) is 0.174. The van der Waals surface area contributed by atoms with E-state index in [-0.39, 0.29) is 0 Å². The highest BCUT2D eigenvalue weighted by Crippen LogP contribution is 2.43. The largest absolute Gasteiger partial charge is 0.309 e. The van der Waals surface area contributed by atoms with Crippen molar-refractivity contribution in [3.8, 4) is 40.1 Å². The molecule has 9 aromatic carbocycles. The van der Waals surface area contributed by atoms with E-state index in [9.17, 15) is 0 Å². The van der Waals surface area contributed by atoms with Crippen LogP contribution in [0.4, 0.5) is 0 Å². The molecule has 0 radical (unpaired) electrons. The SMILES string of the molecule is c1ccc(-c2nc(-c3ccc4sc5ccccc5c4c3)nc(-n3c4ccc(-n5c6ccccc6c6ccccc65)cc4c4ccc5c6ccccc6n(-c6ccccc6)c5c43)n2)cc1. The number of rotatable bonds is 5. The number of thiophene rings is 1. The van der Waals surface area contributed by atoms with Gasteiger partial charge in [-0.1, -0.05) is 133 Å². The summed E-state index contributed by atoms with van der Waals surface area (Å²) >= 11 is 1.81. The van der Waals surface area contributed by atoms with Crippen molar-refractivity contribution < 1.29 is 0 Å². The van der Waals surface area contributed by atoms with Crippen molar-refractivity contribution >= 4 is 96.9 Å². The highest BCUT2D eigenvalue weighted by molar-refractivity contribution is 7.25. The maximum absolute atomic E-state index is 5.49. The number of hydrogen-bond donors (Lipinski definition) is 0. The van der Waals surface area contributed by atoms with Gasteiger partial charge in [0.2, 0.25) is 5.95 Å². The monoisotopic (exact) mass is 834 g/mol. The van der Waals surface area contributed by atoms with Crippen molar-refractivity contribution in [2.24, 2.45) is 0 Å². The van der Waals surface area contributed by atoms with Crippen LogP contribution in [0.5, 0.6) is 0 Å². The molecular formula is C57H34N6S. The van der Waals surface area contributed by atoms with Gasteiger partial charge in [0.1, 0.15) is 0 Å². The first kappa shape index (κ1) is 35.2. The summed E-state index contributed by atoms with van der Waals surface area (Å²) in [4.78, 5) is 16.2. The lowest BCUT2D eigenvalue weighted by Gasteiger charge is -2.13. The number of nitrogens with zero attached hydrogens (tertiary/aromatic N) is 6. The van der Waals surface area contributed by atoms with Crippen LogP contribution in [0.1, 0.15) is 0 Å². The smallest absolute Gasteiger partial charge is 0.238 e. The Hall–Kier alpha value is -8.39. The molecule has 5 heterocycles. The molecule has 14 rings (SSSR count). The Bertz CT molecular complexity index is 4140. The standard InChI is InChI=1S/C57H34N6S/c1-3-15-35(16-4-1)55-58-56(36-27-32-52-46(33-36)42-22-10-14-26-51(42)64-52)60-57(59-55)63-50-31-28-38(61-47-23-11-7-19-39(47)40-20-8-12-24-48(40)61)34-45(50)44-30-29-43-41-21-9-13-25-49(41)62(53(43)54(44)63)37-17-5-2-6-18-37/h1-34H. The molecule has 0 aliphatic heterocycles. The molecule has 64 heavy (non-hydrogen) atoms. The number of para-hydroxylation sites is 4. The average molecular weight is 835 g/mol. The summed E-state index contributed by atoms with van der Waals surface area (Å²) in [5.74, 6) is 1.79. The summed E-state index contributed by atoms with van der Waals surface area (Å²) in [5, 5.41) is 9.46. The molecule has 0 fully saturated rings. The second-order valence-corrected chi connectivity index (χ2v) is 17.5. The van der Waals surface area contributed by atoms with Gasteiger partial charge >= 0.3 is 0 Å². The van der Waals surface area contributed by atoms with Crippen molar-refractivity contribution in [1.82, 2.24) is 28.7 Å². The molecule has 0 saturated carbocycles. The van der Waals surface area contributed by atoms with Gasteiger partial charge in [-0.25, -0.2) is 4.98 Å². The number of benzene rings is 9. The Balaban J connectivity index is 1.13. The lowest BCUT2D eigenvalue weighted by Crippen LogP contribution is -2.07. The molecule has 5 aromatic heterocycles. The summed E-state index contributed by atoms with van der Waals surface area (Å²) in [7, 11) is 0. The van der Waals surface area contributed by atoms with E-state index in [0.29, 0.717) is 17.6 Å². The van der Waals surface area contributed by atoms with E-state index in [2.05, 4.69) is 202 Å². The van der Waals surface area contributed by atoms with Crippen molar-refractivity contribution in [3.05, 3.63) is 206 Å². The molecule has 14 aromatic rings. The second kappa shape index (κ2) is 13.6. The molecule has 0 aliphatic rings. The van der Waals surface area contributed by atoms with Crippen LogP contribution in [0, 0.1) is 0 Å². The molecule has 0 unspecified atom stereocenters. The lowest BCUT2D eigenvalue weighted by molar-refractivity contribution is 0.953. The highest BCUT2D eigenvalue weighted by atomic mass is 32.1. The lowest BCUT2D eigenvalue weighted by atomic mass is 10.1. The maximum Gasteiger partial charge on any atom is 0.238 e. The first-order chi connectivity index (χ1) is 31.7. The fraction of sp³-hybridized carbons (Fsp3) is 0. The summed E-state index contributed by atoms with van der Waals surface area (Å²) in [6.07, 6.45) is 0. The van der Waals surface area contributed by atoms with Crippen molar-refractivity contribution in [2.45, 2.75) is 0 Å². The van der Waals surface area contributed by atoms with Gasteiger partial charge in [-0.3, -0.25) is 4.57 Å². The van der Waals surface area contributed by atoms with E-state index in [4.69, 9.17) is 15.0 Å². The van der Waals surface area contributed by atoms with E-state index < -0.39 is 0 Å². The Morgan fingerprint density at radius 1 is 0.297 bits per heavy atom. The van der Waals surface area contributed by atoms with Crippen LogP contribution in [0.25, 0.3) is 126 Å². The molecule has 0 bridgehead atoms. The van der Waals surface area contributed by atoms with Gasteiger partial charge in [-0.05, 0) is 72.8 Å². The van der Waals surface area contributed by atoms with E-state index >= 15 is 0 Å². The van der Waals surface area contributed by atoms with Crippen molar-refractivity contribution in [1.29, 1.82) is 0 Å². The zero-order valence-electron chi connectivity index (χ0n) is 34.2. The van der Waals surface area contributed by atoms with E-state index in [0.717, 1.165) is 60.7 Å². The summed E-state index contributed by atoms with van der Waals surface area (Å²) in [5.41, 5.74) is 10.6. The molecule has 7 heteroatoms. The molecular weight excluding hydrogens is 801 g/mol. The first-order valence-electron chi connectivity index (χ1n) is 21.5. The van der Waals surface area contributed by atoms with Crippen molar-refractivity contribution in [2.75, 3.05) is 0 Å². The Morgan fingerprint density at radius 3 is 1.55 bits per heavy atom.